The third-order valence-electron chi connectivity index (χ3n) is 3.37. The molecule has 0 radical (unpaired) electrons. The monoisotopic (exact) mass is 294 g/mol. The van der Waals surface area contributed by atoms with Gasteiger partial charge in [0.1, 0.15) is 5.69 Å². The number of nitrogens with one attached hydrogen (secondary N) is 1. The van der Waals surface area contributed by atoms with E-state index < -0.39 is 0 Å². The van der Waals surface area contributed by atoms with Crippen LogP contribution in [0.1, 0.15) is 5.56 Å². The van der Waals surface area contributed by atoms with Crippen molar-refractivity contribution in [3.05, 3.63) is 54.4 Å². The predicted molar refractivity (Wildman–Crippen MR) is 88.5 cm³/mol. The maximum Gasteiger partial charge on any atom is 0.227 e. The van der Waals surface area contributed by atoms with Gasteiger partial charge in [-0.1, -0.05) is 0 Å². The van der Waals surface area contributed by atoms with E-state index in [1.165, 1.54) is 0 Å². The van der Waals surface area contributed by atoms with Crippen molar-refractivity contribution in [1.29, 1.82) is 0 Å². The summed E-state index contributed by atoms with van der Waals surface area (Å²) in [4.78, 5) is 10.9. The number of hydrogen-bond donors (Lipinski definition) is 1. The lowest BCUT2D eigenvalue weighted by atomic mass is 10.2. The second kappa shape index (κ2) is 5.89. The zero-order valence-electron chi connectivity index (χ0n) is 12.9. The van der Waals surface area contributed by atoms with Crippen molar-refractivity contribution in [2.75, 3.05) is 24.3 Å². The summed E-state index contributed by atoms with van der Waals surface area (Å²) in [7, 11) is 4.03. The van der Waals surface area contributed by atoms with E-state index >= 15 is 0 Å². The number of anilines is 3. The highest BCUT2D eigenvalue weighted by molar-refractivity contribution is 5.62. The maximum absolute atomic E-state index is 5.42. The van der Waals surface area contributed by atoms with E-state index in [9.17, 15) is 0 Å². The van der Waals surface area contributed by atoms with E-state index in [1.54, 1.807) is 12.5 Å². The first-order valence-corrected chi connectivity index (χ1v) is 7.05. The van der Waals surface area contributed by atoms with Crippen molar-refractivity contribution in [1.82, 2.24) is 9.97 Å². The fourth-order valence-corrected chi connectivity index (χ4v) is 2.14. The van der Waals surface area contributed by atoms with Crippen LogP contribution < -0.4 is 10.2 Å². The van der Waals surface area contributed by atoms with E-state index in [1.807, 2.05) is 57.4 Å². The van der Waals surface area contributed by atoms with Gasteiger partial charge in [-0.3, -0.25) is 0 Å². The molecule has 0 aliphatic heterocycles. The number of furan rings is 1. The van der Waals surface area contributed by atoms with Crippen LogP contribution in [0.25, 0.3) is 11.5 Å². The quantitative estimate of drug-likeness (QED) is 0.792. The van der Waals surface area contributed by atoms with Crippen LogP contribution >= 0.6 is 0 Å². The maximum atomic E-state index is 5.42. The van der Waals surface area contributed by atoms with E-state index in [0.717, 1.165) is 28.4 Å². The van der Waals surface area contributed by atoms with E-state index in [-0.39, 0.29) is 0 Å². The molecule has 3 rings (SSSR count). The van der Waals surface area contributed by atoms with Gasteiger partial charge in [0.15, 0.2) is 5.76 Å². The van der Waals surface area contributed by atoms with Crippen molar-refractivity contribution in [3.8, 4) is 11.5 Å². The van der Waals surface area contributed by atoms with Gasteiger partial charge in [0.2, 0.25) is 5.95 Å². The molecule has 0 bridgehead atoms. The Bertz CT molecular complexity index is 749. The highest BCUT2D eigenvalue weighted by Crippen LogP contribution is 2.24. The molecule has 0 atom stereocenters. The van der Waals surface area contributed by atoms with Gasteiger partial charge in [0.05, 0.1) is 6.26 Å². The fraction of sp³-hybridized carbons (Fsp3) is 0.176. The average molecular weight is 294 g/mol. The van der Waals surface area contributed by atoms with Gasteiger partial charge < -0.3 is 14.6 Å². The Kier molecular flexibility index (Phi) is 3.78. The zero-order chi connectivity index (χ0) is 15.5. The second-order valence-corrected chi connectivity index (χ2v) is 5.27. The molecule has 0 spiro atoms. The zero-order valence-corrected chi connectivity index (χ0v) is 12.9. The van der Waals surface area contributed by atoms with Gasteiger partial charge in [0, 0.05) is 31.7 Å². The van der Waals surface area contributed by atoms with Crippen molar-refractivity contribution in [3.63, 3.8) is 0 Å². The molecule has 0 unspecified atom stereocenters. The minimum Gasteiger partial charge on any atom is -0.463 e. The van der Waals surface area contributed by atoms with Crippen LogP contribution in [0.2, 0.25) is 0 Å². The number of aryl methyl sites for hydroxylation is 1. The number of hydrogen-bond acceptors (Lipinski definition) is 5. The summed E-state index contributed by atoms with van der Waals surface area (Å²) < 4.78 is 5.42. The van der Waals surface area contributed by atoms with Crippen LogP contribution in [0.3, 0.4) is 0 Å². The molecule has 0 fully saturated rings. The van der Waals surface area contributed by atoms with Gasteiger partial charge in [-0.15, -0.1) is 0 Å². The number of aromatic nitrogens is 2. The molecule has 3 aromatic rings. The molecule has 2 heterocycles. The first kappa shape index (κ1) is 14.1. The number of nitrogens with zero attached hydrogens (tertiary/aromatic N) is 3. The van der Waals surface area contributed by atoms with Crippen molar-refractivity contribution < 1.29 is 4.42 Å². The molecule has 0 aliphatic rings. The minimum atomic E-state index is 0.551. The Morgan fingerprint density at radius 3 is 2.50 bits per heavy atom. The molecule has 5 heteroatoms. The molecule has 1 N–H and O–H groups in total. The summed E-state index contributed by atoms with van der Waals surface area (Å²) in [5.74, 6) is 1.29. The first-order valence-electron chi connectivity index (χ1n) is 7.05. The van der Waals surface area contributed by atoms with Gasteiger partial charge in [0.25, 0.3) is 0 Å². The molecule has 2 aromatic heterocycles. The van der Waals surface area contributed by atoms with Gasteiger partial charge in [-0.25, -0.2) is 9.97 Å². The molecule has 5 nitrogen and oxygen atoms in total. The summed E-state index contributed by atoms with van der Waals surface area (Å²) in [6.45, 7) is 1.97. The van der Waals surface area contributed by atoms with Gasteiger partial charge in [-0.05, 0) is 48.9 Å². The molecule has 0 amide bonds. The van der Waals surface area contributed by atoms with Crippen LogP contribution in [0.5, 0.6) is 0 Å². The molecule has 112 valence electrons. The number of benzene rings is 1. The molecule has 0 saturated carbocycles. The Hall–Kier alpha value is -2.82. The summed E-state index contributed by atoms with van der Waals surface area (Å²) >= 11 is 0. The van der Waals surface area contributed by atoms with Crippen molar-refractivity contribution >= 4 is 17.3 Å². The van der Waals surface area contributed by atoms with Gasteiger partial charge in [-0.2, -0.15) is 0 Å². The minimum absolute atomic E-state index is 0.551. The highest BCUT2D eigenvalue weighted by Gasteiger charge is 2.09. The topological polar surface area (TPSA) is 54.2 Å². The van der Waals surface area contributed by atoms with E-state index in [2.05, 4.69) is 20.2 Å². The third-order valence-corrected chi connectivity index (χ3v) is 3.37. The standard InChI is InChI=1S/C17H18N4O/c1-12-11-18-17(20-16(12)15-5-4-10-22-15)19-13-6-8-14(9-7-13)21(2)3/h4-11H,1-3H3,(H,18,19,20). The Morgan fingerprint density at radius 1 is 1.09 bits per heavy atom. The summed E-state index contributed by atoms with van der Waals surface area (Å²) in [6.07, 6.45) is 3.44. The van der Waals surface area contributed by atoms with Gasteiger partial charge >= 0.3 is 0 Å². The second-order valence-electron chi connectivity index (χ2n) is 5.27. The smallest absolute Gasteiger partial charge is 0.227 e. The van der Waals surface area contributed by atoms with Crippen LogP contribution in [-0.4, -0.2) is 24.1 Å². The predicted octanol–water partition coefficient (Wildman–Crippen LogP) is 3.85. The molecule has 0 saturated heterocycles. The summed E-state index contributed by atoms with van der Waals surface area (Å²) in [6, 6.07) is 11.8. The van der Waals surface area contributed by atoms with Crippen molar-refractivity contribution in [2.45, 2.75) is 6.92 Å². The lowest BCUT2D eigenvalue weighted by Gasteiger charge is -2.13. The molecular weight excluding hydrogens is 276 g/mol. The summed E-state index contributed by atoms with van der Waals surface area (Å²) in [5.41, 5.74) is 3.86. The molecule has 22 heavy (non-hydrogen) atoms. The Morgan fingerprint density at radius 2 is 1.86 bits per heavy atom. The highest BCUT2D eigenvalue weighted by atomic mass is 16.3. The summed E-state index contributed by atoms with van der Waals surface area (Å²) in [5, 5.41) is 3.22. The normalized spacial score (nSPS) is 10.5. The van der Waals surface area contributed by atoms with Crippen LogP contribution in [-0.2, 0) is 0 Å². The molecule has 1 aromatic carbocycles. The Balaban J connectivity index is 1.85. The van der Waals surface area contributed by atoms with E-state index in [0.29, 0.717) is 5.95 Å². The van der Waals surface area contributed by atoms with Crippen molar-refractivity contribution in [2.24, 2.45) is 0 Å². The molecule has 0 aliphatic carbocycles. The fourth-order valence-electron chi connectivity index (χ4n) is 2.14. The lowest BCUT2D eigenvalue weighted by Crippen LogP contribution is -2.08. The first-order chi connectivity index (χ1) is 10.6. The van der Waals surface area contributed by atoms with Crippen LogP contribution in [0.4, 0.5) is 17.3 Å². The van der Waals surface area contributed by atoms with Crippen LogP contribution in [0, 0.1) is 6.92 Å². The molecular formula is C17H18N4O. The Labute approximate surface area is 129 Å². The number of rotatable bonds is 4. The van der Waals surface area contributed by atoms with E-state index in [4.69, 9.17) is 4.42 Å². The average Bonchev–Trinajstić information content (AvgIpc) is 3.04. The lowest BCUT2D eigenvalue weighted by molar-refractivity contribution is 0.579. The SMILES string of the molecule is Cc1cnc(Nc2ccc(N(C)C)cc2)nc1-c1ccco1. The van der Waals surface area contributed by atoms with Crippen LogP contribution in [0.15, 0.2) is 53.3 Å². The third kappa shape index (κ3) is 2.93. The largest absolute Gasteiger partial charge is 0.463 e.